The van der Waals surface area contributed by atoms with Crippen molar-refractivity contribution in [2.45, 2.75) is 70.3 Å². The summed E-state index contributed by atoms with van der Waals surface area (Å²) in [5.41, 5.74) is 0.414. The van der Waals surface area contributed by atoms with Gasteiger partial charge in [0.25, 0.3) is 0 Å². The molecule has 2 fully saturated rings. The highest BCUT2D eigenvalue weighted by Gasteiger charge is 2.36. The van der Waals surface area contributed by atoms with Gasteiger partial charge in [0.15, 0.2) is 5.96 Å². The molecule has 0 radical (unpaired) electrons. The monoisotopic (exact) mass is 339 g/mol. The average molecular weight is 340 g/mol. The summed E-state index contributed by atoms with van der Waals surface area (Å²) in [5, 5.41) is 6.92. The van der Waals surface area contributed by atoms with Crippen LogP contribution < -0.4 is 10.6 Å². The van der Waals surface area contributed by atoms with Gasteiger partial charge in [-0.1, -0.05) is 25.7 Å². The van der Waals surface area contributed by atoms with E-state index in [0.717, 1.165) is 45.1 Å². The Kier molecular flexibility index (Phi) is 8.89. The van der Waals surface area contributed by atoms with Crippen molar-refractivity contribution in [1.29, 1.82) is 0 Å². The van der Waals surface area contributed by atoms with Gasteiger partial charge in [0.2, 0.25) is 0 Å². The third-order valence-electron chi connectivity index (χ3n) is 5.62. The lowest BCUT2D eigenvalue weighted by Gasteiger charge is -2.42. The van der Waals surface area contributed by atoms with Crippen LogP contribution in [0.25, 0.3) is 0 Å². The van der Waals surface area contributed by atoms with Crippen molar-refractivity contribution in [3.05, 3.63) is 0 Å². The summed E-state index contributed by atoms with van der Waals surface area (Å²) in [4.78, 5) is 4.34. The summed E-state index contributed by atoms with van der Waals surface area (Å²) in [6.07, 6.45) is 13.2. The Morgan fingerprint density at radius 3 is 2.50 bits per heavy atom. The third-order valence-corrected chi connectivity index (χ3v) is 5.62. The van der Waals surface area contributed by atoms with Crippen molar-refractivity contribution in [2.75, 3.05) is 40.5 Å². The Morgan fingerprint density at radius 2 is 1.88 bits per heavy atom. The van der Waals surface area contributed by atoms with E-state index in [1.54, 1.807) is 7.11 Å². The first-order valence-electron chi connectivity index (χ1n) is 9.83. The summed E-state index contributed by atoms with van der Waals surface area (Å²) >= 11 is 0. The van der Waals surface area contributed by atoms with Gasteiger partial charge in [0, 0.05) is 40.5 Å². The van der Waals surface area contributed by atoms with Crippen molar-refractivity contribution in [3.8, 4) is 0 Å². The van der Waals surface area contributed by atoms with E-state index in [1.807, 2.05) is 7.05 Å². The van der Waals surface area contributed by atoms with Crippen LogP contribution in [0.3, 0.4) is 0 Å². The number of nitrogens with one attached hydrogen (secondary N) is 2. The van der Waals surface area contributed by atoms with Crippen molar-refractivity contribution in [3.63, 3.8) is 0 Å². The highest BCUT2D eigenvalue weighted by atomic mass is 16.5. The molecule has 0 atom stereocenters. The highest BCUT2D eigenvalue weighted by Crippen LogP contribution is 2.43. The minimum absolute atomic E-state index is 0.414. The van der Waals surface area contributed by atoms with Gasteiger partial charge in [-0.3, -0.25) is 4.99 Å². The van der Waals surface area contributed by atoms with Crippen molar-refractivity contribution >= 4 is 5.96 Å². The lowest BCUT2D eigenvalue weighted by atomic mass is 9.67. The first-order chi connectivity index (χ1) is 11.8. The Hall–Kier alpha value is -0.810. The number of hydrogen-bond donors (Lipinski definition) is 2. The van der Waals surface area contributed by atoms with Crippen molar-refractivity contribution < 1.29 is 9.47 Å². The quantitative estimate of drug-likeness (QED) is 0.365. The molecule has 0 saturated heterocycles. The van der Waals surface area contributed by atoms with Gasteiger partial charge >= 0.3 is 0 Å². The normalized spacial score (nSPS) is 21.3. The second-order valence-corrected chi connectivity index (χ2v) is 7.43. The molecule has 0 bridgehead atoms. The number of methoxy groups -OCH3 is 1. The minimum Gasteiger partial charge on any atom is -0.385 e. The number of ether oxygens (including phenoxy) is 2. The highest BCUT2D eigenvalue weighted by molar-refractivity contribution is 5.79. The van der Waals surface area contributed by atoms with E-state index in [4.69, 9.17) is 9.47 Å². The molecule has 2 N–H and O–H groups in total. The Morgan fingerprint density at radius 1 is 1.08 bits per heavy atom. The third kappa shape index (κ3) is 6.60. The number of aliphatic imine (C=N–C) groups is 1. The topological polar surface area (TPSA) is 54.9 Å². The zero-order valence-corrected chi connectivity index (χ0v) is 15.7. The predicted octanol–water partition coefficient (Wildman–Crippen LogP) is 3.10. The van der Waals surface area contributed by atoms with E-state index in [2.05, 4.69) is 15.6 Å². The van der Waals surface area contributed by atoms with Gasteiger partial charge in [-0.2, -0.15) is 0 Å². The van der Waals surface area contributed by atoms with E-state index < -0.39 is 0 Å². The average Bonchev–Trinajstić information content (AvgIpc) is 2.59. The van der Waals surface area contributed by atoms with Crippen LogP contribution >= 0.6 is 0 Å². The maximum absolute atomic E-state index is 5.97. The minimum atomic E-state index is 0.414. The second kappa shape index (κ2) is 10.9. The van der Waals surface area contributed by atoms with Crippen LogP contribution in [0, 0.1) is 5.41 Å². The number of hydrogen-bond acceptors (Lipinski definition) is 3. The number of guanidine groups is 1. The fourth-order valence-electron chi connectivity index (χ4n) is 3.76. The van der Waals surface area contributed by atoms with E-state index in [-0.39, 0.29) is 0 Å². The lowest BCUT2D eigenvalue weighted by molar-refractivity contribution is 0.0276. The Balaban J connectivity index is 1.55. The molecule has 2 saturated carbocycles. The summed E-state index contributed by atoms with van der Waals surface area (Å²) < 4.78 is 11.2. The fraction of sp³-hybridized carbons (Fsp3) is 0.947. The maximum Gasteiger partial charge on any atom is 0.190 e. The summed E-state index contributed by atoms with van der Waals surface area (Å²) in [6.45, 7) is 3.62. The molecule has 24 heavy (non-hydrogen) atoms. The molecule has 0 spiro atoms. The predicted molar refractivity (Wildman–Crippen MR) is 99.6 cm³/mol. The molecule has 2 rings (SSSR count). The van der Waals surface area contributed by atoms with Gasteiger partial charge in [0.1, 0.15) is 0 Å². The molecule has 5 nitrogen and oxygen atoms in total. The van der Waals surface area contributed by atoms with Crippen LogP contribution in [0.4, 0.5) is 0 Å². The van der Waals surface area contributed by atoms with Crippen LogP contribution in [0.1, 0.15) is 64.2 Å². The lowest BCUT2D eigenvalue weighted by Crippen LogP contribution is -2.47. The van der Waals surface area contributed by atoms with Crippen LogP contribution in [0.2, 0.25) is 0 Å². The molecule has 140 valence electrons. The SMILES string of the molecule is CN=C(NCCCOC1CCCCC1)NCC1(CCOC)CCC1. The molecule has 5 heteroatoms. The van der Waals surface area contributed by atoms with Gasteiger partial charge in [-0.15, -0.1) is 0 Å². The van der Waals surface area contributed by atoms with Gasteiger partial charge in [-0.25, -0.2) is 0 Å². The summed E-state index contributed by atoms with van der Waals surface area (Å²) in [5.74, 6) is 0.913. The second-order valence-electron chi connectivity index (χ2n) is 7.43. The smallest absolute Gasteiger partial charge is 0.190 e. The number of nitrogens with zero attached hydrogens (tertiary/aromatic N) is 1. The van der Waals surface area contributed by atoms with Gasteiger partial charge in [0.05, 0.1) is 6.10 Å². The Labute approximate surface area is 148 Å². The molecule has 2 aliphatic carbocycles. The summed E-state index contributed by atoms with van der Waals surface area (Å²) in [6, 6.07) is 0. The standard InChI is InChI=1S/C19H37N3O2/c1-20-18(22-16-19(10-6-11-19)12-15-23-2)21-13-7-14-24-17-8-4-3-5-9-17/h17H,3-16H2,1-2H3,(H2,20,21,22). The molecular weight excluding hydrogens is 302 g/mol. The molecule has 0 aromatic carbocycles. The molecular formula is C19H37N3O2. The van der Waals surface area contributed by atoms with Crippen LogP contribution in [-0.2, 0) is 9.47 Å². The largest absolute Gasteiger partial charge is 0.385 e. The maximum atomic E-state index is 5.97. The van der Waals surface area contributed by atoms with E-state index in [0.29, 0.717) is 11.5 Å². The molecule has 0 amide bonds. The Bertz CT molecular complexity index is 364. The van der Waals surface area contributed by atoms with Crippen LogP contribution in [-0.4, -0.2) is 52.5 Å². The molecule has 0 heterocycles. The van der Waals surface area contributed by atoms with E-state index >= 15 is 0 Å². The molecule has 2 aliphatic rings. The summed E-state index contributed by atoms with van der Waals surface area (Å²) in [7, 11) is 3.63. The first-order valence-corrected chi connectivity index (χ1v) is 9.83. The van der Waals surface area contributed by atoms with Crippen LogP contribution in [0.5, 0.6) is 0 Å². The van der Waals surface area contributed by atoms with Crippen molar-refractivity contribution in [2.24, 2.45) is 10.4 Å². The van der Waals surface area contributed by atoms with E-state index in [1.165, 1.54) is 51.4 Å². The van der Waals surface area contributed by atoms with Crippen LogP contribution in [0.15, 0.2) is 4.99 Å². The molecule has 0 aliphatic heterocycles. The molecule has 0 unspecified atom stereocenters. The zero-order chi connectivity index (χ0) is 17.1. The molecule has 0 aromatic heterocycles. The molecule has 0 aromatic rings. The van der Waals surface area contributed by atoms with Crippen molar-refractivity contribution in [1.82, 2.24) is 10.6 Å². The fourth-order valence-corrected chi connectivity index (χ4v) is 3.76. The number of rotatable bonds is 10. The van der Waals surface area contributed by atoms with Gasteiger partial charge in [-0.05, 0) is 43.9 Å². The zero-order valence-electron chi connectivity index (χ0n) is 15.7. The first kappa shape index (κ1) is 19.5. The van der Waals surface area contributed by atoms with E-state index in [9.17, 15) is 0 Å². The van der Waals surface area contributed by atoms with Gasteiger partial charge < -0.3 is 20.1 Å².